The normalized spacial score (nSPS) is 16.7. The minimum absolute atomic E-state index is 0.762. The molecule has 0 aromatic heterocycles. The molecule has 0 N–H and O–H groups in total. The van der Waals surface area contributed by atoms with Crippen molar-refractivity contribution in [2.24, 2.45) is 0 Å². The lowest BCUT2D eigenvalue weighted by Gasteiger charge is -2.37. The second-order valence-corrected chi connectivity index (χ2v) is 9.26. The molecule has 1 unspecified atom stereocenters. The molecule has 36 heavy (non-hydrogen) atoms. The zero-order valence-electron chi connectivity index (χ0n) is 19.9. The predicted molar refractivity (Wildman–Crippen MR) is 149 cm³/mol. The van der Waals surface area contributed by atoms with Gasteiger partial charge in [-0.05, 0) is 45.1 Å². The largest absolute Gasteiger partial charge is 0.497 e. The van der Waals surface area contributed by atoms with Gasteiger partial charge in [-0.2, -0.15) is 0 Å². The zero-order valence-corrected chi connectivity index (χ0v) is 19.9. The number of methoxy groups -OCH3 is 1. The second-order valence-electron chi connectivity index (χ2n) is 9.26. The molecule has 1 heterocycles. The van der Waals surface area contributed by atoms with Crippen LogP contribution < -0.4 is 9.47 Å². The summed E-state index contributed by atoms with van der Waals surface area (Å²) in [4.78, 5) is 0. The summed E-state index contributed by atoms with van der Waals surface area (Å²) in [5.41, 5.74) is 2.46. The number of hydrogen-bond acceptors (Lipinski definition) is 2. The molecule has 172 valence electrons. The molecule has 1 aliphatic heterocycles. The van der Waals surface area contributed by atoms with Gasteiger partial charge >= 0.3 is 0 Å². The van der Waals surface area contributed by atoms with Crippen molar-refractivity contribution in [1.29, 1.82) is 0 Å². The Labute approximate surface area is 210 Å². The molecule has 0 saturated heterocycles. The summed E-state index contributed by atoms with van der Waals surface area (Å²) >= 11 is 0. The van der Waals surface area contributed by atoms with E-state index in [1.807, 2.05) is 18.2 Å². The molecule has 2 nitrogen and oxygen atoms in total. The average Bonchev–Trinajstić information content (AvgIpc) is 2.97. The Bertz CT molecular complexity index is 1750. The van der Waals surface area contributed by atoms with E-state index in [0.717, 1.165) is 33.6 Å². The van der Waals surface area contributed by atoms with E-state index in [4.69, 9.17) is 9.47 Å². The lowest BCUT2D eigenvalue weighted by Crippen LogP contribution is -2.34. The fourth-order valence-corrected chi connectivity index (χ4v) is 5.62. The second kappa shape index (κ2) is 8.00. The molecule has 0 spiro atoms. The fourth-order valence-electron chi connectivity index (χ4n) is 5.62. The van der Waals surface area contributed by atoms with Gasteiger partial charge in [-0.15, -0.1) is 0 Å². The van der Waals surface area contributed by atoms with E-state index in [9.17, 15) is 0 Å². The molecule has 1 atom stereocenters. The van der Waals surface area contributed by atoms with Gasteiger partial charge in [-0.1, -0.05) is 109 Å². The topological polar surface area (TPSA) is 18.5 Å². The summed E-state index contributed by atoms with van der Waals surface area (Å²) in [7, 11) is 1.69. The van der Waals surface area contributed by atoms with Crippen molar-refractivity contribution in [3.63, 3.8) is 0 Å². The van der Waals surface area contributed by atoms with Crippen LogP contribution in [0.25, 0.3) is 38.4 Å². The third-order valence-electron chi connectivity index (χ3n) is 7.37. The minimum Gasteiger partial charge on any atom is -0.497 e. The van der Waals surface area contributed by atoms with Crippen molar-refractivity contribution in [3.05, 3.63) is 138 Å². The van der Waals surface area contributed by atoms with E-state index in [-0.39, 0.29) is 0 Å². The summed E-state index contributed by atoms with van der Waals surface area (Å²) in [6.45, 7) is 0. The maximum absolute atomic E-state index is 7.21. The van der Waals surface area contributed by atoms with Crippen molar-refractivity contribution in [1.82, 2.24) is 0 Å². The fraction of sp³-hybridized carbons (Fsp3) is 0.0588. The zero-order chi connectivity index (χ0) is 24.1. The molecular formula is C34H24O2. The van der Waals surface area contributed by atoms with Gasteiger partial charge < -0.3 is 9.47 Å². The first kappa shape index (κ1) is 20.8. The highest BCUT2D eigenvalue weighted by Crippen LogP contribution is 2.48. The van der Waals surface area contributed by atoms with Gasteiger partial charge in [0.25, 0.3) is 0 Å². The molecule has 0 fully saturated rings. The van der Waals surface area contributed by atoms with Crippen LogP contribution in [-0.2, 0) is 5.60 Å². The molecule has 0 aliphatic carbocycles. The van der Waals surface area contributed by atoms with Crippen molar-refractivity contribution in [3.8, 4) is 11.5 Å². The summed E-state index contributed by atoms with van der Waals surface area (Å²) in [5.74, 6) is 1.74. The molecular weight excluding hydrogens is 440 g/mol. The third kappa shape index (κ3) is 2.98. The summed E-state index contributed by atoms with van der Waals surface area (Å²) in [6, 6.07) is 40.4. The maximum Gasteiger partial charge on any atom is 0.178 e. The Kier molecular flexibility index (Phi) is 4.62. The van der Waals surface area contributed by atoms with Crippen LogP contribution >= 0.6 is 0 Å². The molecule has 6 aromatic carbocycles. The maximum atomic E-state index is 7.21. The van der Waals surface area contributed by atoms with E-state index in [0.29, 0.717) is 0 Å². The van der Waals surface area contributed by atoms with E-state index >= 15 is 0 Å². The SMILES string of the molecule is COc1ccc(C2(c3ccccc3)C=Cc3ccc4c5ccccc5c5ccccc5c4c3O2)cc1. The van der Waals surface area contributed by atoms with E-state index < -0.39 is 5.60 Å². The standard InChI is InChI=1S/C34H24O2/c1-35-26-18-16-25(17-19-26)34(24-9-3-2-4-10-24)22-21-23-15-20-31-29-13-6-5-11-27(29)28-12-7-8-14-30(28)32(31)33(23)36-34/h2-22H,1H3. The monoisotopic (exact) mass is 464 g/mol. The summed E-state index contributed by atoms with van der Waals surface area (Å²) in [5, 5.41) is 7.30. The van der Waals surface area contributed by atoms with Crippen molar-refractivity contribution < 1.29 is 9.47 Å². The van der Waals surface area contributed by atoms with Crippen LogP contribution in [0, 0.1) is 0 Å². The molecule has 7 rings (SSSR count). The number of ether oxygens (including phenoxy) is 2. The highest BCUT2D eigenvalue weighted by atomic mass is 16.5. The number of fused-ring (bicyclic) bond motifs is 8. The molecule has 0 amide bonds. The first-order valence-electron chi connectivity index (χ1n) is 12.2. The molecule has 0 saturated carbocycles. The summed E-state index contributed by atoms with van der Waals surface area (Å²) in [6.07, 6.45) is 4.39. The minimum atomic E-state index is -0.762. The van der Waals surface area contributed by atoms with E-state index in [2.05, 4.69) is 109 Å². The van der Waals surface area contributed by atoms with E-state index in [1.165, 1.54) is 26.9 Å². The van der Waals surface area contributed by atoms with Crippen LogP contribution in [0.3, 0.4) is 0 Å². The molecule has 0 radical (unpaired) electrons. The van der Waals surface area contributed by atoms with Gasteiger partial charge in [0.1, 0.15) is 11.5 Å². The van der Waals surface area contributed by atoms with Gasteiger partial charge in [0.05, 0.1) is 7.11 Å². The molecule has 2 heteroatoms. The van der Waals surface area contributed by atoms with E-state index in [1.54, 1.807) is 7.11 Å². The Hall–Kier alpha value is -4.56. The predicted octanol–water partition coefficient (Wildman–Crippen LogP) is 8.50. The van der Waals surface area contributed by atoms with Crippen molar-refractivity contribution >= 4 is 38.4 Å². The lowest BCUT2D eigenvalue weighted by atomic mass is 9.82. The smallest absolute Gasteiger partial charge is 0.178 e. The third-order valence-corrected chi connectivity index (χ3v) is 7.37. The number of hydrogen-bond donors (Lipinski definition) is 0. The van der Waals surface area contributed by atoms with Crippen LogP contribution in [0.15, 0.2) is 121 Å². The Morgan fingerprint density at radius 3 is 1.78 bits per heavy atom. The van der Waals surface area contributed by atoms with Crippen LogP contribution in [0.2, 0.25) is 0 Å². The molecule has 0 bridgehead atoms. The Morgan fingerprint density at radius 1 is 0.556 bits per heavy atom. The first-order valence-corrected chi connectivity index (χ1v) is 12.2. The van der Waals surface area contributed by atoms with Gasteiger partial charge in [0.2, 0.25) is 0 Å². The highest BCUT2D eigenvalue weighted by molar-refractivity contribution is 6.27. The Balaban J connectivity index is 1.56. The molecule has 1 aliphatic rings. The lowest BCUT2D eigenvalue weighted by molar-refractivity contribution is 0.163. The van der Waals surface area contributed by atoms with Gasteiger partial charge in [-0.25, -0.2) is 0 Å². The highest BCUT2D eigenvalue weighted by Gasteiger charge is 2.38. The van der Waals surface area contributed by atoms with Crippen LogP contribution in [0.5, 0.6) is 11.5 Å². The summed E-state index contributed by atoms with van der Waals surface area (Å²) < 4.78 is 12.6. The van der Waals surface area contributed by atoms with Gasteiger partial charge in [0.15, 0.2) is 5.60 Å². The molecule has 6 aromatic rings. The van der Waals surface area contributed by atoms with Gasteiger partial charge in [-0.3, -0.25) is 0 Å². The van der Waals surface area contributed by atoms with Crippen LogP contribution in [-0.4, -0.2) is 7.11 Å². The Morgan fingerprint density at radius 2 is 1.11 bits per heavy atom. The number of rotatable bonds is 3. The number of benzene rings is 6. The first-order chi connectivity index (χ1) is 17.8. The van der Waals surface area contributed by atoms with Crippen LogP contribution in [0.4, 0.5) is 0 Å². The van der Waals surface area contributed by atoms with Crippen molar-refractivity contribution in [2.75, 3.05) is 7.11 Å². The average molecular weight is 465 g/mol. The van der Waals surface area contributed by atoms with Crippen LogP contribution in [0.1, 0.15) is 16.7 Å². The van der Waals surface area contributed by atoms with Gasteiger partial charge in [0, 0.05) is 22.1 Å². The quantitative estimate of drug-likeness (QED) is 0.244. The van der Waals surface area contributed by atoms with Crippen molar-refractivity contribution in [2.45, 2.75) is 5.60 Å².